The summed E-state index contributed by atoms with van der Waals surface area (Å²) < 4.78 is 5.31. The quantitative estimate of drug-likeness (QED) is 0.831. The van der Waals surface area contributed by atoms with E-state index in [-0.39, 0.29) is 0 Å². The van der Waals surface area contributed by atoms with Crippen LogP contribution in [0.1, 0.15) is 11.1 Å². The normalized spacial score (nSPS) is 17.3. The van der Waals surface area contributed by atoms with Gasteiger partial charge in [-0.05, 0) is 17.2 Å². The van der Waals surface area contributed by atoms with E-state index in [1.54, 1.807) is 0 Å². The molecule has 0 amide bonds. The van der Waals surface area contributed by atoms with E-state index in [2.05, 4.69) is 9.74 Å². The molecular weight excluding hydrogens is 240 g/mol. The van der Waals surface area contributed by atoms with Gasteiger partial charge in [0, 0.05) is 24.7 Å². The van der Waals surface area contributed by atoms with Crippen molar-refractivity contribution < 1.29 is 9.57 Å². The van der Waals surface area contributed by atoms with Gasteiger partial charge in [-0.15, -0.1) is 0 Å². The van der Waals surface area contributed by atoms with Crippen LogP contribution >= 0.6 is 11.6 Å². The van der Waals surface area contributed by atoms with Crippen LogP contribution in [0.25, 0.3) is 0 Å². The molecule has 1 aliphatic rings. The van der Waals surface area contributed by atoms with E-state index in [9.17, 15) is 0 Å². The summed E-state index contributed by atoms with van der Waals surface area (Å²) in [5.74, 6) is 5.03. The molecule has 17 heavy (non-hydrogen) atoms. The first-order valence-corrected chi connectivity index (χ1v) is 6.06. The Morgan fingerprint density at radius 1 is 1.35 bits per heavy atom. The monoisotopic (exact) mass is 256 g/mol. The molecule has 0 atom stereocenters. The highest BCUT2D eigenvalue weighted by Gasteiger charge is 2.12. The van der Waals surface area contributed by atoms with E-state index in [1.165, 1.54) is 0 Å². The first-order valence-electron chi connectivity index (χ1n) is 5.68. The Labute approximate surface area is 106 Å². The Balaban J connectivity index is 2.00. The van der Waals surface area contributed by atoms with Gasteiger partial charge in [-0.2, -0.15) is 0 Å². The largest absolute Gasteiger partial charge is 0.379 e. The molecule has 0 radical (unpaired) electrons. The standard InChI is InChI=1S/C12H17ClN2O2/c13-12-7-10(9-17-14)1-2-11(12)8-15-3-5-16-6-4-15/h1-2,7H,3-6,8-9,14H2. The van der Waals surface area contributed by atoms with Crippen molar-refractivity contribution in [3.05, 3.63) is 34.3 Å². The second-order valence-electron chi connectivity index (χ2n) is 4.13. The molecule has 1 aliphatic heterocycles. The summed E-state index contributed by atoms with van der Waals surface area (Å²) in [4.78, 5) is 6.92. The molecule has 1 saturated heterocycles. The minimum Gasteiger partial charge on any atom is -0.379 e. The molecule has 0 aliphatic carbocycles. The molecule has 4 nitrogen and oxygen atoms in total. The third-order valence-corrected chi connectivity index (χ3v) is 3.22. The Hall–Kier alpha value is -0.650. The van der Waals surface area contributed by atoms with Crippen molar-refractivity contribution in [2.75, 3.05) is 26.3 Å². The van der Waals surface area contributed by atoms with Gasteiger partial charge in [-0.3, -0.25) is 9.74 Å². The zero-order valence-electron chi connectivity index (χ0n) is 9.69. The number of rotatable bonds is 4. The molecule has 0 unspecified atom stereocenters. The third-order valence-electron chi connectivity index (χ3n) is 2.87. The van der Waals surface area contributed by atoms with Gasteiger partial charge in [-0.25, -0.2) is 5.90 Å². The minimum absolute atomic E-state index is 0.386. The maximum atomic E-state index is 6.23. The van der Waals surface area contributed by atoms with Gasteiger partial charge in [0.2, 0.25) is 0 Å². The predicted octanol–water partition coefficient (Wildman–Crippen LogP) is 1.56. The number of morpholine rings is 1. The van der Waals surface area contributed by atoms with Crippen LogP contribution in [-0.4, -0.2) is 31.2 Å². The number of ether oxygens (including phenoxy) is 1. The second-order valence-corrected chi connectivity index (χ2v) is 4.53. The van der Waals surface area contributed by atoms with Crippen molar-refractivity contribution in [2.24, 2.45) is 5.90 Å². The highest BCUT2D eigenvalue weighted by atomic mass is 35.5. The second kappa shape index (κ2) is 6.33. The number of halogens is 1. The van der Waals surface area contributed by atoms with Gasteiger partial charge in [0.05, 0.1) is 19.8 Å². The lowest BCUT2D eigenvalue weighted by molar-refractivity contribution is 0.0342. The first-order chi connectivity index (χ1) is 8.29. The highest BCUT2D eigenvalue weighted by molar-refractivity contribution is 6.31. The van der Waals surface area contributed by atoms with E-state index in [0.29, 0.717) is 6.61 Å². The average Bonchev–Trinajstić information content (AvgIpc) is 2.34. The number of nitrogens with zero attached hydrogens (tertiary/aromatic N) is 1. The van der Waals surface area contributed by atoms with Crippen molar-refractivity contribution in [2.45, 2.75) is 13.2 Å². The van der Waals surface area contributed by atoms with Gasteiger partial charge < -0.3 is 4.74 Å². The summed E-state index contributed by atoms with van der Waals surface area (Å²) in [6.07, 6.45) is 0. The molecule has 94 valence electrons. The summed E-state index contributed by atoms with van der Waals surface area (Å²) in [7, 11) is 0. The molecule has 2 N–H and O–H groups in total. The summed E-state index contributed by atoms with van der Waals surface area (Å²) >= 11 is 6.23. The van der Waals surface area contributed by atoms with Crippen molar-refractivity contribution in [3.8, 4) is 0 Å². The number of nitrogens with two attached hydrogens (primary N) is 1. The van der Waals surface area contributed by atoms with Crippen LogP contribution in [0.4, 0.5) is 0 Å². The van der Waals surface area contributed by atoms with Crippen molar-refractivity contribution in [1.82, 2.24) is 4.90 Å². The third kappa shape index (κ3) is 3.66. The lowest BCUT2D eigenvalue weighted by Gasteiger charge is -2.26. The van der Waals surface area contributed by atoms with Crippen LogP contribution in [0.5, 0.6) is 0 Å². The summed E-state index contributed by atoms with van der Waals surface area (Å²) in [6.45, 7) is 4.78. The van der Waals surface area contributed by atoms with Crippen LogP contribution in [0.15, 0.2) is 18.2 Å². The topological polar surface area (TPSA) is 47.7 Å². The van der Waals surface area contributed by atoms with Crippen LogP contribution in [0, 0.1) is 0 Å². The molecule has 1 aromatic carbocycles. The molecule has 0 aromatic heterocycles. The van der Waals surface area contributed by atoms with E-state index in [4.69, 9.17) is 22.2 Å². The SMILES string of the molecule is NOCc1ccc(CN2CCOCC2)c(Cl)c1. The summed E-state index contributed by atoms with van der Waals surface area (Å²) in [6, 6.07) is 5.94. The Morgan fingerprint density at radius 3 is 2.76 bits per heavy atom. The molecule has 1 heterocycles. The molecule has 1 aromatic rings. The fourth-order valence-corrected chi connectivity index (χ4v) is 2.17. The fourth-order valence-electron chi connectivity index (χ4n) is 1.91. The lowest BCUT2D eigenvalue weighted by atomic mass is 10.1. The Bertz CT molecular complexity index is 368. The molecular formula is C12H17ClN2O2. The zero-order chi connectivity index (χ0) is 12.1. The van der Waals surface area contributed by atoms with Gasteiger partial charge in [0.15, 0.2) is 0 Å². The Kier molecular flexibility index (Phi) is 4.76. The molecule has 1 fully saturated rings. The van der Waals surface area contributed by atoms with Gasteiger partial charge in [0.25, 0.3) is 0 Å². The lowest BCUT2D eigenvalue weighted by Crippen LogP contribution is -2.35. The van der Waals surface area contributed by atoms with Crippen molar-refractivity contribution in [3.63, 3.8) is 0 Å². The van der Waals surface area contributed by atoms with Crippen LogP contribution in [0.3, 0.4) is 0 Å². The van der Waals surface area contributed by atoms with Gasteiger partial charge in [0.1, 0.15) is 0 Å². The van der Waals surface area contributed by atoms with E-state index >= 15 is 0 Å². The van der Waals surface area contributed by atoms with Gasteiger partial charge in [-0.1, -0.05) is 23.7 Å². The minimum atomic E-state index is 0.386. The van der Waals surface area contributed by atoms with Gasteiger partial charge >= 0.3 is 0 Å². The maximum Gasteiger partial charge on any atom is 0.0930 e. The molecule has 0 spiro atoms. The average molecular weight is 257 g/mol. The molecule has 0 saturated carbocycles. The smallest absolute Gasteiger partial charge is 0.0930 e. The maximum absolute atomic E-state index is 6.23. The van der Waals surface area contributed by atoms with Crippen molar-refractivity contribution in [1.29, 1.82) is 0 Å². The number of hydrogen-bond donors (Lipinski definition) is 1. The molecule has 2 rings (SSSR count). The van der Waals surface area contributed by atoms with Crippen LogP contribution in [-0.2, 0) is 22.7 Å². The summed E-state index contributed by atoms with van der Waals surface area (Å²) in [5, 5.41) is 0.769. The fraction of sp³-hybridized carbons (Fsp3) is 0.500. The van der Waals surface area contributed by atoms with Crippen LogP contribution < -0.4 is 5.90 Å². The predicted molar refractivity (Wildman–Crippen MR) is 66.5 cm³/mol. The van der Waals surface area contributed by atoms with E-state index in [1.807, 2.05) is 18.2 Å². The van der Waals surface area contributed by atoms with Crippen LogP contribution in [0.2, 0.25) is 5.02 Å². The molecule has 0 bridgehead atoms. The number of hydrogen-bond acceptors (Lipinski definition) is 4. The molecule has 5 heteroatoms. The number of benzene rings is 1. The summed E-state index contributed by atoms with van der Waals surface area (Å²) in [5.41, 5.74) is 2.12. The highest BCUT2D eigenvalue weighted by Crippen LogP contribution is 2.20. The Morgan fingerprint density at radius 2 is 2.12 bits per heavy atom. The van der Waals surface area contributed by atoms with Crippen molar-refractivity contribution >= 4 is 11.6 Å². The first kappa shape index (κ1) is 12.8. The van der Waals surface area contributed by atoms with E-state index in [0.717, 1.165) is 49.0 Å². The zero-order valence-corrected chi connectivity index (χ0v) is 10.4. The van der Waals surface area contributed by atoms with E-state index < -0.39 is 0 Å².